The summed E-state index contributed by atoms with van der Waals surface area (Å²) in [6.07, 6.45) is 0.856. The molecular weight excluding hydrogens is 336 g/mol. The second kappa shape index (κ2) is 6.41. The smallest absolute Gasteiger partial charge is 0.252 e. The van der Waals surface area contributed by atoms with Crippen molar-refractivity contribution >= 4 is 38.9 Å². The van der Waals surface area contributed by atoms with E-state index in [9.17, 15) is 4.79 Å². The molecule has 3 nitrogen and oxygen atoms in total. The van der Waals surface area contributed by atoms with E-state index in [1.807, 2.05) is 36.6 Å². The Balaban J connectivity index is 2.24. The van der Waals surface area contributed by atoms with E-state index in [1.54, 1.807) is 11.3 Å². The predicted molar refractivity (Wildman–Crippen MR) is 88.1 cm³/mol. The van der Waals surface area contributed by atoms with Crippen LogP contribution >= 0.6 is 27.3 Å². The van der Waals surface area contributed by atoms with Crippen molar-refractivity contribution in [3.05, 3.63) is 50.1 Å². The summed E-state index contributed by atoms with van der Waals surface area (Å²) in [5, 5.41) is 5.10. The van der Waals surface area contributed by atoms with Crippen molar-refractivity contribution in [2.75, 3.05) is 5.73 Å². The number of anilines is 1. The fourth-order valence-corrected chi connectivity index (χ4v) is 3.37. The van der Waals surface area contributed by atoms with E-state index in [4.69, 9.17) is 5.73 Å². The molecule has 1 unspecified atom stereocenters. The number of hydrogen-bond donors (Lipinski definition) is 2. The van der Waals surface area contributed by atoms with Crippen molar-refractivity contribution in [1.82, 2.24) is 5.32 Å². The lowest BCUT2D eigenvalue weighted by molar-refractivity contribution is 0.0935. The highest BCUT2D eigenvalue weighted by Crippen LogP contribution is 2.25. The Morgan fingerprint density at radius 3 is 2.85 bits per heavy atom. The van der Waals surface area contributed by atoms with Crippen molar-refractivity contribution in [3.63, 3.8) is 0 Å². The molecule has 0 aliphatic rings. The SMILES string of the molecule is CCC(NC(=O)c1cc(Br)cc(N)c1C)c1cccs1. The van der Waals surface area contributed by atoms with Gasteiger partial charge in [-0.05, 0) is 42.5 Å². The molecule has 0 aliphatic carbocycles. The topological polar surface area (TPSA) is 55.1 Å². The molecule has 0 radical (unpaired) electrons. The van der Waals surface area contributed by atoms with Crippen LogP contribution in [0, 0.1) is 6.92 Å². The third-order valence-corrected chi connectivity index (χ3v) is 4.70. The summed E-state index contributed by atoms with van der Waals surface area (Å²) >= 11 is 5.03. The highest BCUT2D eigenvalue weighted by molar-refractivity contribution is 9.10. The van der Waals surface area contributed by atoms with Gasteiger partial charge in [0.05, 0.1) is 6.04 Å². The van der Waals surface area contributed by atoms with Crippen molar-refractivity contribution in [1.29, 1.82) is 0 Å². The number of amides is 1. The van der Waals surface area contributed by atoms with Crippen LogP contribution in [0.25, 0.3) is 0 Å². The van der Waals surface area contributed by atoms with Gasteiger partial charge in [-0.3, -0.25) is 4.79 Å². The van der Waals surface area contributed by atoms with Gasteiger partial charge < -0.3 is 11.1 Å². The minimum atomic E-state index is -0.0873. The molecule has 1 aromatic heterocycles. The summed E-state index contributed by atoms with van der Waals surface area (Å²) < 4.78 is 0.815. The number of nitrogens with two attached hydrogens (primary N) is 1. The highest BCUT2D eigenvalue weighted by Gasteiger charge is 2.17. The third-order valence-electron chi connectivity index (χ3n) is 3.26. The van der Waals surface area contributed by atoms with Crippen LogP contribution in [0.5, 0.6) is 0 Å². The molecule has 0 saturated heterocycles. The van der Waals surface area contributed by atoms with Crippen molar-refractivity contribution in [3.8, 4) is 0 Å². The lowest BCUT2D eigenvalue weighted by Crippen LogP contribution is -2.28. The number of halogens is 1. The Hall–Kier alpha value is -1.33. The zero-order chi connectivity index (χ0) is 14.7. The monoisotopic (exact) mass is 352 g/mol. The van der Waals surface area contributed by atoms with Crippen LogP contribution in [0.4, 0.5) is 5.69 Å². The van der Waals surface area contributed by atoms with Crippen LogP contribution in [-0.4, -0.2) is 5.91 Å². The molecule has 0 aliphatic heterocycles. The molecule has 1 atom stereocenters. The Morgan fingerprint density at radius 2 is 2.25 bits per heavy atom. The summed E-state index contributed by atoms with van der Waals surface area (Å²) in [7, 11) is 0. The lowest BCUT2D eigenvalue weighted by atomic mass is 10.1. The number of hydrogen-bond acceptors (Lipinski definition) is 3. The molecule has 3 N–H and O–H groups in total. The quantitative estimate of drug-likeness (QED) is 0.806. The van der Waals surface area contributed by atoms with Gasteiger partial charge in [-0.2, -0.15) is 0 Å². The maximum Gasteiger partial charge on any atom is 0.252 e. The van der Waals surface area contributed by atoms with E-state index in [0.29, 0.717) is 11.3 Å². The van der Waals surface area contributed by atoms with Crippen LogP contribution in [-0.2, 0) is 0 Å². The van der Waals surface area contributed by atoms with E-state index >= 15 is 0 Å². The highest BCUT2D eigenvalue weighted by atomic mass is 79.9. The first-order chi connectivity index (χ1) is 9.52. The van der Waals surface area contributed by atoms with Crippen LogP contribution in [0.3, 0.4) is 0 Å². The largest absolute Gasteiger partial charge is 0.398 e. The van der Waals surface area contributed by atoms with Gasteiger partial charge in [0.2, 0.25) is 0 Å². The molecule has 0 spiro atoms. The van der Waals surface area contributed by atoms with Gasteiger partial charge >= 0.3 is 0 Å². The van der Waals surface area contributed by atoms with Gasteiger partial charge in [0.25, 0.3) is 5.91 Å². The van der Waals surface area contributed by atoms with Gasteiger partial charge in [-0.15, -0.1) is 11.3 Å². The minimum absolute atomic E-state index is 0.0436. The zero-order valence-electron chi connectivity index (χ0n) is 11.4. The number of carbonyl (C=O) groups is 1. The van der Waals surface area contributed by atoms with Crippen LogP contribution in [0.1, 0.15) is 40.2 Å². The second-order valence-corrected chi connectivity index (χ2v) is 6.51. The fraction of sp³-hybridized carbons (Fsp3) is 0.267. The summed E-state index contributed by atoms with van der Waals surface area (Å²) in [5.41, 5.74) is 7.96. The Kier molecular flexibility index (Phi) is 4.83. The maximum atomic E-state index is 12.5. The number of rotatable bonds is 4. The number of thiophene rings is 1. The molecule has 106 valence electrons. The van der Waals surface area contributed by atoms with Crippen molar-refractivity contribution in [2.45, 2.75) is 26.3 Å². The molecular formula is C15H17BrN2OS. The molecule has 2 rings (SSSR count). The van der Waals surface area contributed by atoms with E-state index in [-0.39, 0.29) is 11.9 Å². The molecule has 0 saturated carbocycles. The lowest BCUT2D eigenvalue weighted by Gasteiger charge is -2.17. The maximum absolute atomic E-state index is 12.5. The normalized spacial score (nSPS) is 12.2. The number of benzene rings is 1. The first-order valence-corrected chi connectivity index (χ1v) is 8.10. The standard InChI is InChI=1S/C15H17BrN2OS/c1-3-13(14-5-4-6-20-14)18-15(19)11-7-10(16)8-12(17)9(11)2/h4-8,13H,3,17H2,1-2H3,(H,18,19). The number of carbonyl (C=O) groups excluding carboxylic acids is 1. The van der Waals surface area contributed by atoms with E-state index < -0.39 is 0 Å². The molecule has 0 fully saturated rings. The third kappa shape index (κ3) is 3.22. The Labute approximate surface area is 131 Å². The van der Waals surface area contributed by atoms with Crippen LogP contribution in [0.15, 0.2) is 34.1 Å². The Bertz CT molecular complexity index is 611. The molecule has 5 heteroatoms. The van der Waals surface area contributed by atoms with Gasteiger partial charge in [0.1, 0.15) is 0 Å². The summed E-state index contributed by atoms with van der Waals surface area (Å²) in [5.74, 6) is -0.0873. The van der Waals surface area contributed by atoms with Gasteiger partial charge in [0, 0.05) is 20.6 Å². The molecule has 20 heavy (non-hydrogen) atoms. The number of nitrogen functional groups attached to an aromatic ring is 1. The first-order valence-electron chi connectivity index (χ1n) is 6.42. The molecule has 0 bridgehead atoms. The summed E-state index contributed by atoms with van der Waals surface area (Å²) in [6.45, 7) is 3.93. The molecule has 2 aromatic rings. The van der Waals surface area contributed by atoms with Gasteiger partial charge in [-0.1, -0.05) is 28.9 Å². The zero-order valence-corrected chi connectivity index (χ0v) is 13.8. The average molecular weight is 353 g/mol. The first kappa shape index (κ1) is 15.1. The fourth-order valence-electron chi connectivity index (χ4n) is 2.04. The minimum Gasteiger partial charge on any atom is -0.398 e. The molecule has 1 amide bonds. The van der Waals surface area contributed by atoms with E-state index in [2.05, 4.69) is 28.2 Å². The van der Waals surface area contributed by atoms with Crippen LogP contribution in [0.2, 0.25) is 0 Å². The van der Waals surface area contributed by atoms with Crippen molar-refractivity contribution in [2.24, 2.45) is 0 Å². The number of nitrogens with one attached hydrogen (secondary N) is 1. The molecule has 1 aromatic carbocycles. The van der Waals surface area contributed by atoms with Crippen LogP contribution < -0.4 is 11.1 Å². The summed E-state index contributed by atoms with van der Waals surface area (Å²) in [6, 6.07) is 7.70. The Morgan fingerprint density at radius 1 is 1.50 bits per heavy atom. The van der Waals surface area contributed by atoms with Crippen molar-refractivity contribution < 1.29 is 4.79 Å². The van der Waals surface area contributed by atoms with Gasteiger partial charge in [0.15, 0.2) is 0 Å². The van der Waals surface area contributed by atoms with E-state index in [0.717, 1.165) is 16.5 Å². The molecule has 1 heterocycles. The summed E-state index contributed by atoms with van der Waals surface area (Å²) in [4.78, 5) is 13.6. The second-order valence-electron chi connectivity index (χ2n) is 4.62. The predicted octanol–water partition coefficient (Wildman–Crippen LogP) is 4.28. The van der Waals surface area contributed by atoms with Gasteiger partial charge in [-0.25, -0.2) is 0 Å². The van der Waals surface area contributed by atoms with E-state index in [1.165, 1.54) is 4.88 Å². The average Bonchev–Trinajstić information content (AvgIpc) is 2.93.